The molecule has 0 radical (unpaired) electrons. The normalized spacial score (nSPS) is 22.8. The Bertz CT molecular complexity index is 1800. The summed E-state index contributed by atoms with van der Waals surface area (Å²) in [6, 6.07) is 23.4. The van der Waals surface area contributed by atoms with Gasteiger partial charge in [0, 0.05) is 28.9 Å². The molecule has 2 fully saturated rings. The Labute approximate surface area is 229 Å². The maximum atomic E-state index is 14.2. The molecule has 0 N–H and O–H groups in total. The van der Waals surface area contributed by atoms with Gasteiger partial charge in [0.15, 0.2) is 5.78 Å². The Morgan fingerprint density at radius 3 is 2.35 bits per heavy atom. The lowest BCUT2D eigenvalue weighted by molar-refractivity contribution is -0.384. The van der Waals surface area contributed by atoms with E-state index in [4.69, 9.17) is 0 Å². The van der Waals surface area contributed by atoms with Crippen LogP contribution < -0.4 is 9.80 Å². The lowest BCUT2D eigenvalue weighted by Crippen LogP contribution is -2.49. The fraction of sp³-hybridized carbons (Fsp3) is 0.156. The van der Waals surface area contributed by atoms with Crippen LogP contribution in [0.4, 0.5) is 17.1 Å². The molecule has 4 unspecified atom stereocenters. The van der Waals surface area contributed by atoms with Crippen LogP contribution in [0.3, 0.4) is 0 Å². The van der Waals surface area contributed by atoms with Crippen LogP contribution in [0.5, 0.6) is 0 Å². The van der Waals surface area contributed by atoms with E-state index in [0.717, 1.165) is 26.9 Å². The molecule has 8 heteroatoms. The van der Waals surface area contributed by atoms with E-state index in [-0.39, 0.29) is 17.2 Å². The topological polar surface area (TPSA) is 101 Å². The Morgan fingerprint density at radius 2 is 1.57 bits per heavy atom. The van der Waals surface area contributed by atoms with Gasteiger partial charge in [0.05, 0.1) is 28.5 Å². The third-order valence-corrected chi connectivity index (χ3v) is 8.38. The summed E-state index contributed by atoms with van der Waals surface area (Å²) in [4.78, 5) is 56.4. The maximum absolute atomic E-state index is 14.2. The number of nitro benzene ring substituents is 1. The van der Waals surface area contributed by atoms with Gasteiger partial charge in [0.25, 0.3) is 5.69 Å². The van der Waals surface area contributed by atoms with Gasteiger partial charge in [0.2, 0.25) is 11.8 Å². The second-order valence-electron chi connectivity index (χ2n) is 10.4. The second kappa shape index (κ2) is 8.71. The van der Waals surface area contributed by atoms with Crippen molar-refractivity contribution in [2.24, 2.45) is 11.8 Å². The lowest BCUT2D eigenvalue weighted by Gasteiger charge is -2.37. The summed E-state index contributed by atoms with van der Waals surface area (Å²) < 4.78 is 0. The molecule has 7 rings (SSSR count). The predicted molar refractivity (Wildman–Crippen MR) is 151 cm³/mol. The van der Waals surface area contributed by atoms with Crippen LogP contribution in [0, 0.1) is 28.9 Å². The summed E-state index contributed by atoms with van der Waals surface area (Å²) in [7, 11) is 0. The molecule has 0 aliphatic carbocycles. The molecule has 3 aliphatic rings. The van der Waals surface area contributed by atoms with Gasteiger partial charge in [-0.3, -0.25) is 24.5 Å². The minimum Gasteiger partial charge on any atom is -0.352 e. The lowest BCUT2D eigenvalue weighted by atomic mass is 9.86. The number of hydrogen-bond acceptors (Lipinski definition) is 6. The number of imide groups is 1. The number of hydrogen-bond donors (Lipinski definition) is 0. The number of benzene rings is 4. The SMILES string of the molecule is Cc1ccc([N+](=O)[O-])cc1N1C(=O)C2C(C1=O)C(C(=O)c1ccccc1)N1c3ccc4ccccc4c3C=CC21. The molecule has 4 atom stereocenters. The van der Waals surface area contributed by atoms with Crippen LogP contribution in [0.2, 0.25) is 0 Å². The second-order valence-corrected chi connectivity index (χ2v) is 10.4. The summed E-state index contributed by atoms with van der Waals surface area (Å²) in [6.45, 7) is 1.70. The van der Waals surface area contributed by atoms with Gasteiger partial charge in [-0.25, -0.2) is 4.90 Å². The number of fused-ring (bicyclic) bond motifs is 7. The van der Waals surface area contributed by atoms with Gasteiger partial charge < -0.3 is 4.90 Å². The molecule has 3 aliphatic heterocycles. The maximum Gasteiger partial charge on any atom is 0.271 e. The minimum absolute atomic E-state index is 0.183. The highest BCUT2D eigenvalue weighted by Gasteiger charge is 2.64. The zero-order valence-corrected chi connectivity index (χ0v) is 21.4. The van der Waals surface area contributed by atoms with Crippen LogP contribution in [0.25, 0.3) is 16.8 Å². The molecular weight excluding hydrogens is 506 g/mol. The van der Waals surface area contributed by atoms with E-state index in [0.29, 0.717) is 11.1 Å². The van der Waals surface area contributed by atoms with Gasteiger partial charge >= 0.3 is 0 Å². The quantitative estimate of drug-likeness (QED) is 0.153. The zero-order chi connectivity index (χ0) is 27.7. The molecule has 0 aromatic heterocycles. The van der Waals surface area contributed by atoms with E-state index >= 15 is 0 Å². The molecule has 0 spiro atoms. The first-order chi connectivity index (χ1) is 19.4. The van der Waals surface area contributed by atoms with E-state index in [2.05, 4.69) is 0 Å². The molecular formula is C32H23N3O5. The van der Waals surface area contributed by atoms with Crippen LogP contribution in [-0.4, -0.2) is 34.6 Å². The number of rotatable bonds is 4. The third-order valence-electron chi connectivity index (χ3n) is 8.38. The van der Waals surface area contributed by atoms with Gasteiger partial charge in [-0.2, -0.15) is 0 Å². The molecule has 0 saturated carbocycles. The smallest absolute Gasteiger partial charge is 0.271 e. The van der Waals surface area contributed by atoms with Crippen molar-refractivity contribution in [3.05, 3.63) is 118 Å². The molecule has 40 heavy (non-hydrogen) atoms. The first kappa shape index (κ1) is 24.0. The molecule has 2 saturated heterocycles. The number of carbonyl (C=O) groups excluding carboxylic acids is 3. The number of non-ortho nitro benzene ring substituents is 1. The Kier molecular flexibility index (Phi) is 5.22. The Hall–Kier alpha value is -5.11. The number of carbonyl (C=O) groups is 3. The van der Waals surface area contributed by atoms with E-state index in [1.54, 1.807) is 31.2 Å². The summed E-state index contributed by atoms with van der Waals surface area (Å²) in [5, 5.41) is 13.6. The van der Waals surface area contributed by atoms with Gasteiger partial charge in [-0.05, 0) is 29.3 Å². The predicted octanol–water partition coefficient (Wildman–Crippen LogP) is 5.33. The summed E-state index contributed by atoms with van der Waals surface area (Å²) in [5.41, 5.74) is 2.72. The fourth-order valence-electron chi connectivity index (χ4n) is 6.59. The van der Waals surface area contributed by atoms with Crippen molar-refractivity contribution < 1.29 is 19.3 Å². The number of aryl methyl sites for hydroxylation is 1. The average Bonchev–Trinajstić information content (AvgIpc) is 3.45. The van der Waals surface area contributed by atoms with Gasteiger partial charge in [-0.15, -0.1) is 0 Å². The van der Waals surface area contributed by atoms with Crippen molar-refractivity contribution in [1.29, 1.82) is 0 Å². The first-order valence-electron chi connectivity index (χ1n) is 13.1. The van der Waals surface area contributed by atoms with Crippen molar-refractivity contribution >= 4 is 51.5 Å². The summed E-state index contributed by atoms with van der Waals surface area (Å²) >= 11 is 0. The number of Topliss-reactive ketones (excluding diaryl/α,β-unsaturated/α-hetero) is 1. The number of nitrogens with zero attached hydrogens (tertiary/aromatic N) is 3. The molecule has 8 nitrogen and oxygen atoms in total. The van der Waals surface area contributed by atoms with E-state index < -0.39 is 40.7 Å². The van der Waals surface area contributed by atoms with Crippen LogP contribution in [0.1, 0.15) is 21.5 Å². The number of amides is 2. The molecule has 196 valence electrons. The largest absolute Gasteiger partial charge is 0.352 e. The van der Waals surface area contributed by atoms with Crippen molar-refractivity contribution in [2.75, 3.05) is 9.80 Å². The monoisotopic (exact) mass is 529 g/mol. The first-order valence-corrected chi connectivity index (χ1v) is 13.1. The van der Waals surface area contributed by atoms with E-state index in [1.807, 2.05) is 59.5 Å². The van der Waals surface area contributed by atoms with E-state index in [9.17, 15) is 24.5 Å². The van der Waals surface area contributed by atoms with Crippen molar-refractivity contribution in [2.45, 2.75) is 19.0 Å². The molecule has 0 bridgehead atoms. The van der Waals surface area contributed by atoms with Crippen molar-refractivity contribution in [1.82, 2.24) is 0 Å². The molecule has 4 aromatic rings. The Morgan fingerprint density at radius 1 is 0.850 bits per heavy atom. The van der Waals surface area contributed by atoms with E-state index in [1.165, 1.54) is 18.2 Å². The van der Waals surface area contributed by atoms with Gasteiger partial charge in [0.1, 0.15) is 6.04 Å². The highest BCUT2D eigenvalue weighted by atomic mass is 16.6. The minimum atomic E-state index is -0.953. The van der Waals surface area contributed by atoms with Crippen LogP contribution >= 0.6 is 0 Å². The van der Waals surface area contributed by atoms with Crippen molar-refractivity contribution in [3.8, 4) is 0 Å². The number of anilines is 2. The highest BCUT2D eigenvalue weighted by molar-refractivity contribution is 6.26. The number of nitro groups is 1. The highest BCUT2D eigenvalue weighted by Crippen LogP contribution is 2.51. The Balaban J connectivity index is 1.40. The zero-order valence-electron chi connectivity index (χ0n) is 21.4. The van der Waals surface area contributed by atoms with Crippen LogP contribution in [0.15, 0.2) is 91.0 Å². The fourth-order valence-corrected chi connectivity index (χ4v) is 6.59. The molecule has 4 aromatic carbocycles. The van der Waals surface area contributed by atoms with Crippen LogP contribution in [-0.2, 0) is 9.59 Å². The summed E-state index contributed by atoms with van der Waals surface area (Å²) in [6.07, 6.45) is 3.89. The summed E-state index contributed by atoms with van der Waals surface area (Å²) in [5.74, 6) is -2.99. The molecule has 2 amide bonds. The van der Waals surface area contributed by atoms with Gasteiger partial charge in [-0.1, -0.05) is 78.9 Å². The standard InChI is InChI=1S/C32H23N3O5/c1-18-11-13-21(35(39)40)17-26(18)34-31(37)27-25-16-14-23-22-10-6-5-7-19(22)12-15-24(23)33(25)29(28(27)32(34)38)30(36)20-8-3-2-4-9-20/h2-17,25,27-29H,1H3. The average molecular weight is 530 g/mol. The number of ketones is 1. The van der Waals surface area contributed by atoms with Crippen molar-refractivity contribution in [3.63, 3.8) is 0 Å². The third kappa shape index (κ3) is 3.29. The molecule has 3 heterocycles.